The predicted octanol–water partition coefficient (Wildman–Crippen LogP) is 5.52. The Kier molecular flexibility index (Phi) is 7.85. The number of halogens is 1. The summed E-state index contributed by atoms with van der Waals surface area (Å²) in [4.78, 5) is 24.9. The minimum Gasteiger partial charge on any atom is -0.483 e. The van der Waals surface area contributed by atoms with Crippen LogP contribution in [-0.2, 0) is 9.59 Å². The lowest BCUT2D eigenvalue weighted by Gasteiger charge is -2.11. The summed E-state index contributed by atoms with van der Waals surface area (Å²) < 4.78 is 5.65. The summed E-state index contributed by atoms with van der Waals surface area (Å²) in [6.07, 6.45) is 1.43. The van der Waals surface area contributed by atoms with Gasteiger partial charge in [0.15, 0.2) is 6.61 Å². The van der Waals surface area contributed by atoms with Gasteiger partial charge in [0, 0.05) is 22.0 Å². The van der Waals surface area contributed by atoms with Gasteiger partial charge in [0.1, 0.15) is 17.4 Å². The van der Waals surface area contributed by atoms with Crippen LogP contribution in [0, 0.1) is 25.2 Å². The fourth-order valence-corrected chi connectivity index (χ4v) is 3.15. The first-order chi connectivity index (χ1) is 15.9. The van der Waals surface area contributed by atoms with Crippen LogP contribution >= 0.6 is 11.6 Å². The number of carbonyl (C=O) groups excluding carboxylic acids is 2. The van der Waals surface area contributed by atoms with Gasteiger partial charge in [-0.2, -0.15) is 5.26 Å². The van der Waals surface area contributed by atoms with Gasteiger partial charge in [-0.25, -0.2) is 0 Å². The van der Waals surface area contributed by atoms with E-state index in [9.17, 15) is 14.9 Å². The quantitative estimate of drug-likeness (QED) is 0.359. The Balaban J connectivity index is 1.69. The summed E-state index contributed by atoms with van der Waals surface area (Å²) in [6.45, 7) is 3.53. The number of carbonyl (C=O) groups is 2. The van der Waals surface area contributed by atoms with Crippen LogP contribution in [0.25, 0.3) is 6.08 Å². The highest BCUT2D eigenvalue weighted by molar-refractivity contribution is 6.31. The molecule has 3 aromatic rings. The average Bonchev–Trinajstić information content (AvgIpc) is 2.79. The molecule has 0 heterocycles. The first-order valence-corrected chi connectivity index (χ1v) is 10.5. The minimum atomic E-state index is -0.535. The van der Waals surface area contributed by atoms with Gasteiger partial charge < -0.3 is 15.4 Å². The maximum atomic E-state index is 12.6. The SMILES string of the molecule is Cc1cccc(NC(=O)/C(C#N)=C/c2ccccc2OCC(=O)Nc2ccc(C)c(Cl)c2)c1. The monoisotopic (exact) mass is 459 g/mol. The van der Waals surface area contributed by atoms with Crippen LogP contribution in [0.3, 0.4) is 0 Å². The number of hydrogen-bond donors (Lipinski definition) is 2. The minimum absolute atomic E-state index is 0.0914. The molecule has 0 saturated heterocycles. The smallest absolute Gasteiger partial charge is 0.266 e. The number of ether oxygens (including phenoxy) is 1. The van der Waals surface area contributed by atoms with E-state index in [1.54, 1.807) is 42.5 Å². The third kappa shape index (κ3) is 6.70. The van der Waals surface area contributed by atoms with Gasteiger partial charge in [-0.1, -0.05) is 48.0 Å². The van der Waals surface area contributed by atoms with Crippen LogP contribution in [0.2, 0.25) is 5.02 Å². The van der Waals surface area contributed by atoms with E-state index in [4.69, 9.17) is 16.3 Å². The lowest BCUT2D eigenvalue weighted by Crippen LogP contribution is -2.20. The number of amides is 2. The number of benzene rings is 3. The molecule has 2 N–H and O–H groups in total. The van der Waals surface area contributed by atoms with Gasteiger partial charge in [0.05, 0.1) is 0 Å². The van der Waals surface area contributed by atoms with Crippen LogP contribution < -0.4 is 15.4 Å². The van der Waals surface area contributed by atoms with E-state index in [0.717, 1.165) is 11.1 Å². The van der Waals surface area contributed by atoms with Gasteiger partial charge in [-0.05, 0) is 61.4 Å². The van der Waals surface area contributed by atoms with E-state index in [1.165, 1.54) is 6.08 Å². The number of nitrogens with zero attached hydrogens (tertiary/aromatic N) is 1. The number of nitriles is 1. The number of aryl methyl sites for hydroxylation is 2. The van der Waals surface area contributed by atoms with Crippen LogP contribution in [0.1, 0.15) is 16.7 Å². The molecule has 0 aliphatic heterocycles. The van der Waals surface area contributed by atoms with Gasteiger partial charge in [-0.3, -0.25) is 9.59 Å². The van der Waals surface area contributed by atoms with Crippen molar-refractivity contribution in [1.82, 2.24) is 0 Å². The second-order valence-electron chi connectivity index (χ2n) is 7.33. The van der Waals surface area contributed by atoms with Crippen molar-refractivity contribution >= 4 is 40.9 Å². The van der Waals surface area contributed by atoms with Crippen molar-refractivity contribution in [3.05, 3.63) is 94.0 Å². The summed E-state index contributed by atoms with van der Waals surface area (Å²) in [5.74, 6) is -0.538. The van der Waals surface area contributed by atoms with E-state index >= 15 is 0 Å². The molecule has 0 aliphatic carbocycles. The molecule has 0 aliphatic rings. The molecule has 166 valence electrons. The standard InChI is InChI=1S/C26H22ClN3O3/c1-17-6-5-8-21(12-17)30-26(32)20(15-28)13-19-7-3-4-9-24(19)33-16-25(31)29-22-11-10-18(2)23(27)14-22/h3-14H,16H2,1-2H3,(H,29,31)(H,30,32)/b20-13+. The molecule has 3 rings (SSSR count). The molecule has 33 heavy (non-hydrogen) atoms. The van der Waals surface area contributed by atoms with Crippen molar-refractivity contribution in [2.24, 2.45) is 0 Å². The van der Waals surface area contributed by atoms with Crippen molar-refractivity contribution in [3.8, 4) is 11.8 Å². The third-order valence-corrected chi connectivity index (χ3v) is 5.08. The molecule has 6 nitrogen and oxygen atoms in total. The number of rotatable bonds is 7. The molecule has 2 amide bonds. The highest BCUT2D eigenvalue weighted by Gasteiger charge is 2.12. The summed E-state index contributed by atoms with van der Waals surface area (Å²) in [7, 11) is 0. The molecule has 3 aromatic carbocycles. The van der Waals surface area contributed by atoms with Gasteiger partial charge in [0.25, 0.3) is 11.8 Å². The van der Waals surface area contributed by atoms with E-state index in [1.807, 2.05) is 44.2 Å². The van der Waals surface area contributed by atoms with Gasteiger partial charge in [-0.15, -0.1) is 0 Å². The van der Waals surface area contributed by atoms with E-state index in [2.05, 4.69) is 10.6 Å². The normalized spacial score (nSPS) is 10.8. The number of para-hydroxylation sites is 1. The highest BCUT2D eigenvalue weighted by atomic mass is 35.5. The Hall–Kier alpha value is -4.08. The molecule has 7 heteroatoms. The van der Waals surface area contributed by atoms with Crippen LogP contribution in [0.5, 0.6) is 5.75 Å². The zero-order valence-electron chi connectivity index (χ0n) is 18.2. The second-order valence-corrected chi connectivity index (χ2v) is 7.74. The summed E-state index contributed by atoms with van der Waals surface area (Å²) in [5.41, 5.74) is 3.46. The fraction of sp³-hybridized carbons (Fsp3) is 0.115. The van der Waals surface area contributed by atoms with E-state index in [0.29, 0.717) is 27.7 Å². The fourth-order valence-electron chi connectivity index (χ4n) is 2.97. The highest BCUT2D eigenvalue weighted by Crippen LogP contribution is 2.23. The third-order valence-electron chi connectivity index (χ3n) is 4.67. The second kappa shape index (κ2) is 11.0. The molecule has 0 fully saturated rings. The van der Waals surface area contributed by atoms with Gasteiger partial charge in [0.2, 0.25) is 0 Å². The van der Waals surface area contributed by atoms with Crippen molar-refractivity contribution in [2.45, 2.75) is 13.8 Å². The predicted molar refractivity (Wildman–Crippen MR) is 130 cm³/mol. The van der Waals surface area contributed by atoms with E-state index < -0.39 is 5.91 Å². The van der Waals surface area contributed by atoms with Crippen LogP contribution in [-0.4, -0.2) is 18.4 Å². The zero-order valence-corrected chi connectivity index (χ0v) is 18.9. The van der Waals surface area contributed by atoms with Crippen LogP contribution in [0.15, 0.2) is 72.3 Å². The molecule has 0 aromatic heterocycles. The molecule has 0 bridgehead atoms. The number of hydrogen-bond acceptors (Lipinski definition) is 4. The van der Waals surface area contributed by atoms with Crippen molar-refractivity contribution in [3.63, 3.8) is 0 Å². The Morgan fingerprint density at radius 1 is 1.00 bits per heavy atom. The first-order valence-electron chi connectivity index (χ1n) is 10.1. The molecule has 0 atom stereocenters. The Labute approximate surface area is 197 Å². The topological polar surface area (TPSA) is 91.2 Å². The average molecular weight is 460 g/mol. The van der Waals surface area contributed by atoms with Crippen molar-refractivity contribution in [1.29, 1.82) is 5.26 Å². The lowest BCUT2D eigenvalue weighted by atomic mass is 10.1. The molecule has 0 unspecified atom stereocenters. The maximum Gasteiger partial charge on any atom is 0.266 e. The van der Waals surface area contributed by atoms with Crippen molar-refractivity contribution in [2.75, 3.05) is 17.2 Å². The summed E-state index contributed by atoms with van der Waals surface area (Å²) in [5, 5.41) is 15.5. The molecule has 0 radical (unpaired) electrons. The maximum absolute atomic E-state index is 12.6. The first kappa shape index (κ1) is 23.6. The zero-order chi connectivity index (χ0) is 23.8. The van der Waals surface area contributed by atoms with Crippen LogP contribution in [0.4, 0.5) is 11.4 Å². The number of nitrogens with one attached hydrogen (secondary N) is 2. The van der Waals surface area contributed by atoms with Gasteiger partial charge >= 0.3 is 0 Å². The summed E-state index contributed by atoms with van der Waals surface area (Å²) in [6, 6.07) is 21.3. The van der Waals surface area contributed by atoms with Crippen molar-refractivity contribution < 1.29 is 14.3 Å². The molecular formula is C26H22ClN3O3. The number of anilines is 2. The molecule has 0 saturated carbocycles. The Bertz CT molecular complexity index is 1260. The Morgan fingerprint density at radius 2 is 1.76 bits per heavy atom. The van der Waals surface area contributed by atoms with E-state index in [-0.39, 0.29) is 18.1 Å². The molecular weight excluding hydrogens is 438 g/mol. The lowest BCUT2D eigenvalue weighted by molar-refractivity contribution is -0.118. The Morgan fingerprint density at radius 3 is 2.48 bits per heavy atom. The molecule has 0 spiro atoms. The summed E-state index contributed by atoms with van der Waals surface area (Å²) >= 11 is 6.09. The largest absolute Gasteiger partial charge is 0.483 e.